The number of nitrogens with zero attached hydrogens (tertiary/aromatic N) is 3. The Morgan fingerprint density at radius 1 is 1.30 bits per heavy atom. The van der Waals surface area contributed by atoms with Crippen molar-refractivity contribution in [1.29, 1.82) is 0 Å². The van der Waals surface area contributed by atoms with Crippen LogP contribution in [0.4, 0.5) is 5.69 Å². The third-order valence-electron chi connectivity index (χ3n) is 3.15. The lowest BCUT2D eigenvalue weighted by Gasteiger charge is -2.32. The molecule has 0 aliphatic carbocycles. The second-order valence-electron chi connectivity index (χ2n) is 4.77. The molecular formula is C12H21N5O2S. The van der Waals surface area contributed by atoms with E-state index >= 15 is 0 Å². The van der Waals surface area contributed by atoms with E-state index in [0.29, 0.717) is 25.3 Å². The molecule has 0 unspecified atom stereocenters. The number of nitrogens with one attached hydrogen (secondary N) is 2. The lowest BCUT2D eigenvalue weighted by atomic mass is 10.4. The second-order valence-corrected chi connectivity index (χ2v) is 6.35. The van der Waals surface area contributed by atoms with E-state index in [-0.39, 0.29) is 5.03 Å². The first-order valence-electron chi connectivity index (χ1n) is 6.68. The van der Waals surface area contributed by atoms with E-state index in [9.17, 15) is 8.42 Å². The molecular weight excluding hydrogens is 278 g/mol. The first-order chi connectivity index (χ1) is 9.53. The van der Waals surface area contributed by atoms with Crippen LogP contribution in [0.25, 0.3) is 0 Å². The smallest absolute Gasteiger partial charge is 0.273 e. The standard InChI is InChI=1S/C12H21N5O2S/c1-3-13-11-5-4-6-14-12(11)20(18,19)15-17-9-7-16(2)8-10-17/h4-6,13,15H,3,7-10H2,1-2H3. The van der Waals surface area contributed by atoms with Gasteiger partial charge in [-0.1, -0.05) is 0 Å². The third-order valence-corrected chi connectivity index (χ3v) is 4.48. The quantitative estimate of drug-likeness (QED) is 0.794. The van der Waals surface area contributed by atoms with Crippen molar-refractivity contribution in [2.75, 3.05) is 45.1 Å². The van der Waals surface area contributed by atoms with Gasteiger partial charge in [-0.3, -0.25) is 0 Å². The zero-order valence-electron chi connectivity index (χ0n) is 11.8. The van der Waals surface area contributed by atoms with Crippen molar-refractivity contribution >= 4 is 15.7 Å². The Balaban J connectivity index is 2.14. The highest BCUT2D eigenvalue weighted by Crippen LogP contribution is 2.17. The minimum absolute atomic E-state index is 0.0424. The maximum atomic E-state index is 12.4. The molecule has 2 heterocycles. The van der Waals surface area contributed by atoms with Crippen LogP contribution in [-0.2, 0) is 10.0 Å². The van der Waals surface area contributed by atoms with Gasteiger partial charge in [0, 0.05) is 38.9 Å². The minimum atomic E-state index is -3.65. The molecule has 112 valence electrons. The van der Waals surface area contributed by atoms with Gasteiger partial charge < -0.3 is 10.2 Å². The molecule has 0 radical (unpaired) electrons. The van der Waals surface area contributed by atoms with Crippen LogP contribution in [-0.4, -0.2) is 63.1 Å². The summed E-state index contributed by atoms with van der Waals surface area (Å²) in [5.41, 5.74) is 0.525. The van der Waals surface area contributed by atoms with Gasteiger partial charge in [0.05, 0.1) is 5.69 Å². The van der Waals surface area contributed by atoms with Crippen molar-refractivity contribution in [2.24, 2.45) is 0 Å². The molecule has 0 aromatic carbocycles. The third kappa shape index (κ3) is 3.66. The number of rotatable bonds is 5. The van der Waals surface area contributed by atoms with E-state index in [1.807, 2.05) is 14.0 Å². The van der Waals surface area contributed by atoms with E-state index in [1.165, 1.54) is 6.20 Å². The highest BCUT2D eigenvalue weighted by Gasteiger charge is 2.24. The van der Waals surface area contributed by atoms with Crippen LogP contribution in [0.3, 0.4) is 0 Å². The van der Waals surface area contributed by atoms with Crippen LogP contribution in [0.5, 0.6) is 0 Å². The molecule has 20 heavy (non-hydrogen) atoms. The molecule has 1 aliphatic heterocycles. The molecule has 2 N–H and O–H groups in total. The summed E-state index contributed by atoms with van der Waals surface area (Å²) in [5, 5.41) is 4.78. The van der Waals surface area contributed by atoms with Crippen LogP contribution in [0, 0.1) is 0 Å². The zero-order chi connectivity index (χ0) is 14.6. The lowest BCUT2D eigenvalue weighted by Crippen LogP contribution is -2.52. The SMILES string of the molecule is CCNc1cccnc1S(=O)(=O)NN1CCN(C)CC1. The van der Waals surface area contributed by atoms with Crippen molar-refractivity contribution in [3.05, 3.63) is 18.3 Å². The molecule has 0 atom stereocenters. The number of hydrogen-bond acceptors (Lipinski definition) is 6. The summed E-state index contributed by atoms with van der Waals surface area (Å²) in [5.74, 6) is 0. The summed E-state index contributed by atoms with van der Waals surface area (Å²) >= 11 is 0. The average molecular weight is 299 g/mol. The van der Waals surface area contributed by atoms with Gasteiger partial charge >= 0.3 is 0 Å². The lowest BCUT2D eigenvalue weighted by molar-refractivity contribution is 0.134. The fourth-order valence-corrected chi connectivity index (χ4v) is 3.28. The van der Waals surface area contributed by atoms with E-state index in [1.54, 1.807) is 17.1 Å². The Morgan fingerprint density at radius 2 is 2.00 bits per heavy atom. The molecule has 8 heteroatoms. The number of sulfonamides is 1. The summed E-state index contributed by atoms with van der Waals surface area (Å²) in [6, 6.07) is 3.43. The number of hydrazine groups is 1. The van der Waals surface area contributed by atoms with Gasteiger partial charge in [0.25, 0.3) is 10.0 Å². The Morgan fingerprint density at radius 3 is 2.65 bits per heavy atom. The summed E-state index contributed by atoms with van der Waals surface area (Å²) in [6.45, 7) is 5.56. The molecule has 0 saturated carbocycles. The summed E-state index contributed by atoms with van der Waals surface area (Å²) in [4.78, 5) is 8.77. The monoisotopic (exact) mass is 299 g/mol. The van der Waals surface area contributed by atoms with Crippen LogP contribution < -0.4 is 10.1 Å². The molecule has 1 saturated heterocycles. The van der Waals surface area contributed by atoms with Gasteiger partial charge in [-0.25, -0.2) is 18.4 Å². The highest BCUT2D eigenvalue weighted by molar-refractivity contribution is 7.89. The summed E-state index contributed by atoms with van der Waals surface area (Å²) < 4.78 is 24.8. The van der Waals surface area contributed by atoms with E-state index < -0.39 is 10.0 Å². The average Bonchev–Trinajstić information content (AvgIpc) is 2.42. The molecule has 2 rings (SSSR count). The predicted molar refractivity (Wildman–Crippen MR) is 77.8 cm³/mol. The van der Waals surface area contributed by atoms with Crippen molar-refractivity contribution in [1.82, 2.24) is 19.7 Å². The van der Waals surface area contributed by atoms with Gasteiger partial charge in [0.2, 0.25) is 0 Å². The van der Waals surface area contributed by atoms with E-state index in [0.717, 1.165) is 13.1 Å². The Bertz CT molecular complexity index is 541. The normalized spacial score (nSPS) is 18.1. The fourth-order valence-electron chi connectivity index (χ4n) is 2.04. The van der Waals surface area contributed by atoms with Crippen LogP contribution >= 0.6 is 0 Å². The minimum Gasteiger partial charge on any atom is -0.383 e. The van der Waals surface area contributed by atoms with Crippen molar-refractivity contribution < 1.29 is 8.42 Å². The second kappa shape index (κ2) is 6.49. The number of pyridine rings is 1. The van der Waals surface area contributed by atoms with Crippen molar-refractivity contribution in [3.63, 3.8) is 0 Å². The molecule has 1 aromatic rings. The van der Waals surface area contributed by atoms with Gasteiger partial charge in [-0.2, -0.15) is 0 Å². The van der Waals surface area contributed by atoms with Crippen LogP contribution in [0.1, 0.15) is 6.92 Å². The summed E-state index contributed by atoms with van der Waals surface area (Å²) in [7, 11) is -1.62. The van der Waals surface area contributed by atoms with Crippen molar-refractivity contribution in [2.45, 2.75) is 11.9 Å². The van der Waals surface area contributed by atoms with Crippen molar-refractivity contribution in [3.8, 4) is 0 Å². The van der Waals surface area contributed by atoms with Crippen LogP contribution in [0.15, 0.2) is 23.4 Å². The van der Waals surface area contributed by atoms with Gasteiger partial charge in [0.15, 0.2) is 5.03 Å². The van der Waals surface area contributed by atoms with E-state index in [2.05, 4.69) is 20.0 Å². The van der Waals surface area contributed by atoms with E-state index in [4.69, 9.17) is 0 Å². The topological polar surface area (TPSA) is 77.6 Å². The predicted octanol–water partition coefficient (Wildman–Crippen LogP) is -0.0459. The number of piperazine rings is 1. The van der Waals surface area contributed by atoms with Crippen LogP contribution in [0.2, 0.25) is 0 Å². The molecule has 1 fully saturated rings. The summed E-state index contributed by atoms with van der Waals surface area (Å²) in [6.07, 6.45) is 1.49. The molecule has 1 aliphatic rings. The van der Waals surface area contributed by atoms with Gasteiger partial charge in [0.1, 0.15) is 0 Å². The maximum Gasteiger partial charge on any atom is 0.273 e. The number of likely N-dealkylation sites (N-methyl/N-ethyl adjacent to an activating group) is 1. The highest BCUT2D eigenvalue weighted by atomic mass is 32.2. The number of anilines is 1. The fraction of sp³-hybridized carbons (Fsp3) is 0.583. The first-order valence-corrected chi connectivity index (χ1v) is 8.16. The Hall–Kier alpha value is -1.22. The molecule has 0 amide bonds. The van der Waals surface area contributed by atoms with Gasteiger partial charge in [-0.15, -0.1) is 4.83 Å². The Labute approximate surface area is 120 Å². The molecule has 1 aromatic heterocycles. The van der Waals surface area contributed by atoms with Gasteiger partial charge in [-0.05, 0) is 26.1 Å². The zero-order valence-corrected chi connectivity index (χ0v) is 12.7. The largest absolute Gasteiger partial charge is 0.383 e. The molecule has 0 spiro atoms. The maximum absolute atomic E-state index is 12.4. The first kappa shape index (κ1) is 15.2. The number of hydrogen-bond donors (Lipinski definition) is 2. The Kier molecular flexibility index (Phi) is 4.92. The number of aromatic nitrogens is 1. The molecule has 0 bridgehead atoms. The molecule has 7 nitrogen and oxygen atoms in total.